The molecule has 144 valence electrons. The molecule has 0 bridgehead atoms. The molecular formula is C24H23F2NO. The topological polar surface area (TPSA) is 30.0 Å². The molecule has 0 N–H and O–H groups in total. The summed E-state index contributed by atoms with van der Waals surface area (Å²) in [6.45, 7) is 1.87. The van der Waals surface area contributed by atoms with Crippen LogP contribution in [0.3, 0.4) is 0 Å². The molecule has 0 aliphatic heterocycles. The van der Waals surface area contributed by atoms with Gasteiger partial charge in [0.05, 0.1) is 0 Å². The molecule has 4 rings (SSSR count). The number of pyridine rings is 1. The lowest BCUT2D eigenvalue weighted by molar-refractivity contribution is -0.128. The summed E-state index contributed by atoms with van der Waals surface area (Å²) < 4.78 is 28.5. The maximum Gasteiger partial charge on any atom is 0.149 e. The maximum absolute atomic E-state index is 14.6. The zero-order valence-corrected chi connectivity index (χ0v) is 15.9. The van der Waals surface area contributed by atoms with Crippen molar-refractivity contribution < 1.29 is 13.6 Å². The van der Waals surface area contributed by atoms with E-state index in [1.165, 1.54) is 6.07 Å². The standard InChI is InChI=1S/C24H23F2NO/c1-23(16-24(26)10-11-24,14-17-6-3-2-4-7-17)21(28)13-18-12-19-8-5-9-20(25)22(19)27-15-18/h2-9,12,15H,10-11,13-14,16H2,1H3. The molecule has 0 spiro atoms. The summed E-state index contributed by atoms with van der Waals surface area (Å²) in [6, 6.07) is 16.3. The van der Waals surface area contributed by atoms with Crippen LogP contribution in [0.1, 0.15) is 37.3 Å². The minimum atomic E-state index is -1.22. The van der Waals surface area contributed by atoms with Gasteiger partial charge < -0.3 is 0 Å². The lowest BCUT2D eigenvalue weighted by atomic mass is 9.73. The molecular weight excluding hydrogens is 356 g/mol. The number of aromatic nitrogens is 1. The third-order valence-corrected chi connectivity index (χ3v) is 5.69. The van der Waals surface area contributed by atoms with Gasteiger partial charge in [-0.1, -0.05) is 49.4 Å². The largest absolute Gasteiger partial charge is 0.299 e. The van der Waals surface area contributed by atoms with E-state index < -0.39 is 11.1 Å². The van der Waals surface area contributed by atoms with Gasteiger partial charge in [0.15, 0.2) is 0 Å². The average molecular weight is 379 g/mol. The molecule has 3 aromatic rings. The highest BCUT2D eigenvalue weighted by atomic mass is 19.1. The first kappa shape index (κ1) is 18.7. The van der Waals surface area contributed by atoms with E-state index in [4.69, 9.17) is 0 Å². The van der Waals surface area contributed by atoms with Crippen molar-refractivity contribution in [1.29, 1.82) is 0 Å². The number of benzene rings is 2. The summed E-state index contributed by atoms with van der Waals surface area (Å²) in [5.41, 5.74) is 0.0480. The smallest absolute Gasteiger partial charge is 0.149 e. The number of hydrogen-bond acceptors (Lipinski definition) is 2. The summed E-state index contributed by atoms with van der Waals surface area (Å²) in [5.74, 6) is -0.379. The van der Waals surface area contributed by atoms with Crippen LogP contribution in [0.2, 0.25) is 0 Å². The Labute approximate surface area is 163 Å². The molecule has 1 heterocycles. The van der Waals surface area contributed by atoms with Crippen LogP contribution < -0.4 is 0 Å². The lowest BCUT2D eigenvalue weighted by Gasteiger charge is -2.30. The maximum atomic E-state index is 14.6. The molecule has 1 unspecified atom stereocenters. The van der Waals surface area contributed by atoms with E-state index in [1.807, 2.05) is 37.3 Å². The monoisotopic (exact) mass is 379 g/mol. The quantitative estimate of drug-likeness (QED) is 0.533. The van der Waals surface area contributed by atoms with Gasteiger partial charge in [0.2, 0.25) is 0 Å². The molecule has 1 aliphatic carbocycles. The molecule has 0 saturated heterocycles. The number of para-hydroxylation sites is 1. The van der Waals surface area contributed by atoms with E-state index in [0.717, 1.165) is 11.1 Å². The van der Waals surface area contributed by atoms with Crippen molar-refractivity contribution in [2.75, 3.05) is 0 Å². The molecule has 1 saturated carbocycles. The van der Waals surface area contributed by atoms with Crippen molar-refractivity contribution in [3.8, 4) is 0 Å². The molecule has 2 aromatic carbocycles. The molecule has 1 aliphatic rings. The average Bonchev–Trinajstić information content (AvgIpc) is 3.39. The van der Waals surface area contributed by atoms with Crippen LogP contribution in [-0.4, -0.2) is 16.4 Å². The van der Waals surface area contributed by atoms with Crippen LogP contribution in [0.25, 0.3) is 10.9 Å². The number of fused-ring (bicyclic) bond motifs is 1. The summed E-state index contributed by atoms with van der Waals surface area (Å²) in [6.07, 6.45) is 3.52. The molecule has 2 nitrogen and oxygen atoms in total. The summed E-state index contributed by atoms with van der Waals surface area (Å²) >= 11 is 0. The van der Waals surface area contributed by atoms with Gasteiger partial charge in [0, 0.05) is 23.4 Å². The molecule has 1 atom stereocenters. The predicted molar refractivity (Wildman–Crippen MR) is 106 cm³/mol. The van der Waals surface area contributed by atoms with Gasteiger partial charge in [-0.15, -0.1) is 0 Å². The van der Waals surface area contributed by atoms with Gasteiger partial charge in [-0.25, -0.2) is 8.78 Å². The molecule has 28 heavy (non-hydrogen) atoms. The first-order chi connectivity index (χ1) is 13.4. The fourth-order valence-corrected chi connectivity index (χ4v) is 3.98. The molecule has 1 aromatic heterocycles. The number of ketones is 1. The Bertz CT molecular complexity index is 1010. The molecule has 4 heteroatoms. The van der Waals surface area contributed by atoms with Gasteiger partial charge in [-0.2, -0.15) is 0 Å². The van der Waals surface area contributed by atoms with Crippen molar-refractivity contribution in [2.24, 2.45) is 5.41 Å². The van der Waals surface area contributed by atoms with Crippen molar-refractivity contribution in [3.63, 3.8) is 0 Å². The van der Waals surface area contributed by atoms with Crippen LogP contribution in [0.5, 0.6) is 0 Å². The van der Waals surface area contributed by atoms with Crippen LogP contribution in [0.4, 0.5) is 8.78 Å². The zero-order valence-electron chi connectivity index (χ0n) is 15.9. The number of halogens is 2. The molecule has 0 radical (unpaired) electrons. The van der Waals surface area contributed by atoms with Gasteiger partial charge in [0.25, 0.3) is 0 Å². The lowest BCUT2D eigenvalue weighted by Crippen LogP contribution is -2.35. The van der Waals surface area contributed by atoms with E-state index in [-0.39, 0.29) is 24.4 Å². The second-order valence-electron chi connectivity index (χ2n) is 8.31. The highest BCUT2D eigenvalue weighted by molar-refractivity contribution is 5.88. The summed E-state index contributed by atoms with van der Waals surface area (Å²) in [4.78, 5) is 17.5. The first-order valence-corrected chi connectivity index (χ1v) is 9.66. The Balaban J connectivity index is 1.60. The SMILES string of the molecule is CC(Cc1ccccc1)(CC1(F)CC1)C(=O)Cc1cnc2c(F)cccc2c1. The Hall–Kier alpha value is -2.62. The van der Waals surface area contributed by atoms with Crippen molar-refractivity contribution in [3.05, 3.63) is 77.7 Å². The van der Waals surface area contributed by atoms with Crippen LogP contribution >= 0.6 is 0 Å². The number of Topliss-reactive ketones (excluding diaryl/α,β-unsaturated/α-hetero) is 1. The number of alkyl halides is 1. The molecule has 1 fully saturated rings. The van der Waals surface area contributed by atoms with Gasteiger partial charge >= 0.3 is 0 Å². The van der Waals surface area contributed by atoms with Gasteiger partial charge in [-0.05, 0) is 48.9 Å². The van der Waals surface area contributed by atoms with Crippen LogP contribution in [0, 0.1) is 11.2 Å². The number of nitrogens with zero attached hydrogens (tertiary/aromatic N) is 1. The zero-order chi connectivity index (χ0) is 19.8. The van der Waals surface area contributed by atoms with E-state index in [2.05, 4.69) is 4.98 Å². The van der Waals surface area contributed by atoms with Crippen LogP contribution in [0.15, 0.2) is 60.8 Å². The van der Waals surface area contributed by atoms with Gasteiger partial charge in [0.1, 0.15) is 22.8 Å². The third-order valence-electron chi connectivity index (χ3n) is 5.69. The highest BCUT2D eigenvalue weighted by Crippen LogP contribution is 2.49. The van der Waals surface area contributed by atoms with Crippen molar-refractivity contribution in [1.82, 2.24) is 4.98 Å². The minimum absolute atomic E-state index is 0.00201. The predicted octanol–water partition coefficient (Wildman–Crippen LogP) is 5.63. The summed E-state index contributed by atoms with van der Waals surface area (Å²) in [7, 11) is 0. The fraction of sp³-hybridized carbons (Fsp3) is 0.333. The van der Waals surface area contributed by atoms with Gasteiger partial charge in [-0.3, -0.25) is 9.78 Å². The number of carbonyl (C=O) groups is 1. The van der Waals surface area contributed by atoms with Crippen molar-refractivity contribution >= 4 is 16.7 Å². The second-order valence-corrected chi connectivity index (χ2v) is 8.31. The Morgan fingerprint density at radius 3 is 2.57 bits per heavy atom. The van der Waals surface area contributed by atoms with E-state index in [1.54, 1.807) is 24.4 Å². The number of rotatable bonds is 7. The summed E-state index contributed by atoms with van der Waals surface area (Å²) in [5, 5.41) is 0.666. The molecule has 0 amide bonds. The van der Waals surface area contributed by atoms with Crippen LogP contribution in [-0.2, 0) is 17.6 Å². The normalized spacial score (nSPS) is 17.2. The van der Waals surface area contributed by atoms with E-state index in [0.29, 0.717) is 30.2 Å². The second kappa shape index (κ2) is 7.08. The Kier molecular flexibility index (Phi) is 4.74. The first-order valence-electron chi connectivity index (χ1n) is 9.66. The Morgan fingerprint density at radius 2 is 1.86 bits per heavy atom. The van der Waals surface area contributed by atoms with Crippen molar-refractivity contribution in [2.45, 2.75) is 44.7 Å². The van der Waals surface area contributed by atoms with E-state index >= 15 is 0 Å². The highest BCUT2D eigenvalue weighted by Gasteiger charge is 2.50. The minimum Gasteiger partial charge on any atom is -0.299 e. The number of carbonyl (C=O) groups excluding carboxylic acids is 1. The fourth-order valence-electron chi connectivity index (χ4n) is 3.98. The number of hydrogen-bond donors (Lipinski definition) is 0. The Morgan fingerprint density at radius 1 is 1.11 bits per heavy atom. The third kappa shape index (κ3) is 3.96. The van der Waals surface area contributed by atoms with E-state index in [9.17, 15) is 13.6 Å².